The first-order valence-electron chi connectivity index (χ1n) is 10.2. The third-order valence-corrected chi connectivity index (χ3v) is 6.08. The number of rotatable bonds is 5. The van der Waals surface area contributed by atoms with Gasteiger partial charge in [-0.05, 0) is 74.0 Å². The largest absolute Gasteiger partial charge is 0.454 e. The molecule has 28 heavy (non-hydrogen) atoms. The van der Waals surface area contributed by atoms with E-state index < -0.39 is 0 Å². The summed E-state index contributed by atoms with van der Waals surface area (Å²) in [5.41, 5.74) is 5.28. The van der Waals surface area contributed by atoms with Crippen molar-refractivity contribution in [1.29, 1.82) is 0 Å². The van der Waals surface area contributed by atoms with Crippen molar-refractivity contribution in [3.63, 3.8) is 0 Å². The number of benzene rings is 2. The van der Waals surface area contributed by atoms with Gasteiger partial charge in [0.25, 0.3) is 0 Å². The molecule has 2 heterocycles. The van der Waals surface area contributed by atoms with E-state index in [2.05, 4.69) is 53.3 Å². The summed E-state index contributed by atoms with van der Waals surface area (Å²) in [7, 11) is 2.24. The Morgan fingerprint density at radius 1 is 1.14 bits per heavy atom. The predicted molar refractivity (Wildman–Crippen MR) is 111 cm³/mol. The maximum absolute atomic E-state index is 5.75. The molecule has 0 N–H and O–H groups in total. The molecular weight excluding hydrogens is 348 g/mol. The van der Waals surface area contributed by atoms with Crippen LogP contribution in [0.1, 0.15) is 35.4 Å². The molecule has 1 aromatic heterocycles. The molecule has 0 unspecified atom stereocenters. The van der Waals surface area contributed by atoms with Crippen molar-refractivity contribution >= 4 is 10.9 Å². The van der Waals surface area contributed by atoms with Gasteiger partial charge in [-0.15, -0.1) is 0 Å². The summed E-state index contributed by atoms with van der Waals surface area (Å²) < 4.78 is 11.3. The van der Waals surface area contributed by atoms with Crippen LogP contribution in [-0.2, 0) is 12.8 Å². The van der Waals surface area contributed by atoms with E-state index in [0.29, 0.717) is 12.7 Å². The predicted octanol–water partition coefficient (Wildman–Crippen LogP) is 4.56. The Bertz CT molecular complexity index is 1000. The van der Waals surface area contributed by atoms with Crippen molar-refractivity contribution in [2.24, 2.45) is 0 Å². The molecule has 2 aliphatic rings. The molecule has 4 nitrogen and oxygen atoms in total. The van der Waals surface area contributed by atoms with Crippen molar-refractivity contribution < 1.29 is 9.47 Å². The van der Waals surface area contributed by atoms with E-state index in [1.54, 1.807) is 0 Å². The summed E-state index contributed by atoms with van der Waals surface area (Å²) in [6.07, 6.45) is 6.49. The van der Waals surface area contributed by atoms with Gasteiger partial charge in [0, 0.05) is 30.2 Å². The van der Waals surface area contributed by atoms with Crippen LogP contribution in [0.15, 0.2) is 48.7 Å². The van der Waals surface area contributed by atoms with E-state index in [0.717, 1.165) is 42.9 Å². The quantitative estimate of drug-likeness (QED) is 0.656. The van der Waals surface area contributed by atoms with E-state index in [9.17, 15) is 0 Å². The lowest BCUT2D eigenvalue weighted by molar-refractivity contribution is 0.173. The van der Waals surface area contributed by atoms with Gasteiger partial charge in [-0.3, -0.25) is 4.98 Å². The summed E-state index contributed by atoms with van der Waals surface area (Å²) >= 11 is 0. The molecule has 1 atom stereocenters. The lowest BCUT2D eigenvalue weighted by Crippen LogP contribution is -2.28. The molecule has 0 radical (unpaired) electrons. The summed E-state index contributed by atoms with van der Waals surface area (Å²) in [4.78, 5) is 6.88. The van der Waals surface area contributed by atoms with Crippen LogP contribution in [-0.4, -0.2) is 36.8 Å². The Morgan fingerprint density at radius 2 is 2.11 bits per heavy atom. The zero-order valence-electron chi connectivity index (χ0n) is 16.4. The highest BCUT2D eigenvalue weighted by atomic mass is 16.7. The second kappa shape index (κ2) is 7.44. The summed E-state index contributed by atoms with van der Waals surface area (Å²) in [6.45, 7) is 2.50. The SMILES string of the molecule is CN(CCc1ccc2ncccc2c1)C[C@@H]1CCCc2c1ccc1c2OCO1. The molecule has 0 saturated carbocycles. The molecule has 2 aromatic carbocycles. The maximum Gasteiger partial charge on any atom is 0.231 e. The summed E-state index contributed by atoms with van der Waals surface area (Å²) in [5.74, 6) is 2.48. The van der Waals surface area contributed by atoms with Crippen molar-refractivity contribution in [1.82, 2.24) is 9.88 Å². The molecule has 0 saturated heterocycles. The number of likely N-dealkylation sites (N-methyl/N-ethyl adjacent to an activating group) is 1. The normalized spacial score (nSPS) is 17.9. The summed E-state index contributed by atoms with van der Waals surface area (Å²) in [5, 5.41) is 1.22. The van der Waals surface area contributed by atoms with Gasteiger partial charge in [-0.25, -0.2) is 0 Å². The van der Waals surface area contributed by atoms with Gasteiger partial charge >= 0.3 is 0 Å². The first-order valence-corrected chi connectivity index (χ1v) is 10.2. The van der Waals surface area contributed by atoms with E-state index in [1.165, 1.54) is 34.9 Å². The zero-order valence-corrected chi connectivity index (χ0v) is 16.4. The minimum absolute atomic E-state index is 0.359. The van der Waals surface area contributed by atoms with Crippen LogP contribution in [0.5, 0.6) is 11.5 Å². The number of hydrogen-bond acceptors (Lipinski definition) is 4. The highest BCUT2D eigenvalue weighted by Crippen LogP contribution is 2.44. The number of nitrogens with zero attached hydrogens (tertiary/aromatic N) is 2. The van der Waals surface area contributed by atoms with Gasteiger partial charge in [0.15, 0.2) is 11.5 Å². The maximum atomic E-state index is 5.75. The van der Waals surface area contributed by atoms with Gasteiger partial charge in [-0.1, -0.05) is 18.2 Å². The van der Waals surface area contributed by atoms with Crippen LogP contribution < -0.4 is 9.47 Å². The standard InChI is InChI=1S/C24H26N2O2/c1-26(13-11-17-7-9-22-18(14-17)5-3-12-25-22)15-19-4-2-6-21-20(19)8-10-23-24(21)28-16-27-23/h3,5,7-10,12,14,19H,2,4,6,11,13,15-16H2,1H3/t19-/m0/s1. The molecule has 4 heteroatoms. The van der Waals surface area contributed by atoms with Gasteiger partial charge < -0.3 is 14.4 Å². The van der Waals surface area contributed by atoms with Gasteiger partial charge in [0.2, 0.25) is 6.79 Å². The first-order chi connectivity index (χ1) is 13.8. The van der Waals surface area contributed by atoms with Crippen molar-refractivity contribution in [2.45, 2.75) is 31.6 Å². The lowest BCUT2D eigenvalue weighted by Gasteiger charge is -2.30. The van der Waals surface area contributed by atoms with Crippen molar-refractivity contribution in [3.05, 3.63) is 65.4 Å². The molecule has 3 aromatic rings. The molecule has 0 bridgehead atoms. The molecule has 1 aliphatic heterocycles. The monoisotopic (exact) mass is 374 g/mol. The van der Waals surface area contributed by atoms with E-state index >= 15 is 0 Å². The molecular formula is C24H26N2O2. The number of hydrogen-bond donors (Lipinski definition) is 0. The Kier molecular flexibility index (Phi) is 4.65. The molecule has 5 rings (SSSR count). The van der Waals surface area contributed by atoms with E-state index in [-0.39, 0.29) is 0 Å². The fourth-order valence-electron chi connectivity index (χ4n) is 4.62. The minimum Gasteiger partial charge on any atom is -0.454 e. The molecule has 144 valence electrons. The average Bonchev–Trinajstić information content (AvgIpc) is 3.22. The smallest absolute Gasteiger partial charge is 0.231 e. The van der Waals surface area contributed by atoms with Crippen LogP contribution in [0.3, 0.4) is 0 Å². The highest BCUT2D eigenvalue weighted by Gasteiger charge is 2.28. The number of ether oxygens (including phenoxy) is 2. The van der Waals surface area contributed by atoms with Gasteiger partial charge in [-0.2, -0.15) is 0 Å². The lowest BCUT2D eigenvalue weighted by atomic mass is 9.82. The molecule has 0 spiro atoms. The second-order valence-electron chi connectivity index (χ2n) is 8.00. The number of pyridine rings is 1. The molecule has 1 aliphatic carbocycles. The Hall–Kier alpha value is -2.59. The Morgan fingerprint density at radius 3 is 3.07 bits per heavy atom. The fraction of sp³-hybridized carbons (Fsp3) is 0.375. The third kappa shape index (κ3) is 3.33. The number of fused-ring (bicyclic) bond motifs is 4. The van der Waals surface area contributed by atoms with Crippen LogP contribution in [0.2, 0.25) is 0 Å². The van der Waals surface area contributed by atoms with Gasteiger partial charge in [0.1, 0.15) is 0 Å². The Balaban J connectivity index is 1.25. The van der Waals surface area contributed by atoms with Crippen LogP contribution in [0.25, 0.3) is 10.9 Å². The van der Waals surface area contributed by atoms with Crippen LogP contribution in [0, 0.1) is 0 Å². The van der Waals surface area contributed by atoms with Crippen molar-refractivity contribution in [2.75, 3.05) is 26.9 Å². The molecule has 0 amide bonds. The van der Waals surface area contributed by atoms with Crippen LogP contribution >= 0.6 is 0 Å². The zero-order chi connectivity index (χ0) is 18.9. The van der Waals surface area contributed by atoms with Crippen molar-refractivity contribution in [3.8, 4) is 11.5 Å². The van der Waals surface area contributed by atoms with E-state index in [4.69, 9.17) is 9.47 Å². The molecule has 0 fully saturated rings. The topological polar surface area (TPSA) is 34.6 Å². The third-order valence-electron chi connectivity index (χ3n) is 6.08. The summed E-state index contributed by atoms with van der Waals surface area (Å²) in [6, 6.07) is 15.1. The first kappa shape index (κ1) is 17.5. The average molecular weight is 374 g/mol. The second-order valence-corrected chi connectivity index (χ2v) is 8.00. The van der Waals surface area contributed by atoms with Gasteiger partial charge in [0.05, 0.1) is 5.52 Å². The fourth-order valence-corrected chi connectivity index (χ4v) is 4.62. The highest BCUT2D eigenvalue weighted by molar-refractivity contribution is 5.78. The number of aromatic nitrogens is 1. The van der Waals surface area contributed by atoms with E-state index in [1.807, 2.05) is 12.3 Å². The van der Waals surface area contributed by atoms with Crippen LogP contribution in [0.4, 0.5) is 0 Å². The Labute approximate surface area is 166 Å². The minimum atomic E-state index is 0.359.